The van der Waals surface area contributed by atoms with Gasteiger partial charge in [-0.05, 0) is 37.9 Å². The Bertz CT molecular complexity index is 192. The van der Waals surface area contributed by atoms with Crippen molar-refractivity contribution in [3.8, 4) is 0 Å². The number of carbonyl (C=O) groups is 1. The average Bonchev–Trinajstić information content (AvgIpc) is 2.15. The van der Waals surface area contributed by atoms with Gasteiger partial charge in [-0.2, -0.15) is 0 Å². The van der Waals surface area contributed by atoms with Gasteiger partial charge in [-0.1, -0.05) is 20.8 Å². The maximum atomic E-state index is 10.7. The molecule has 0 bridgehead atoms. The molecular formula is C11H25N3O. The predicted molar refractivity (Wildman–Crippen MR) is 63.4 cm³/mol. The molecular weight excluding hydrogens is 190 g/mol. The summed E-state index contributed by atoms with van der Waals surface area (Å²) in [7, 11) is 0. The van der Waals surface area contributed by atoms with Gasteiger partial charge in [0.15, 0.2) is 0 Å². The van der Waals surface area contributed by atoms with Crippen molar-refractivity contribution in [2.24, 2.45) is 16.9 Å². The van der Waals surface area contributed by atoms with E-state index in [1.54, 1.807) is 0 Å². The van der Waals surface area contributed by atoms with Crippen LogP contribution in [0.2, 0.25) is 0 Å². The van der Waals surface area contributed by atoms with Gasteiger partial charge in [0, 0.05) is 0 Å². The predicted octanol–water partition coefficient (Wildman–Crippen LogP) is 0.559. The number of primary amides is 1. The third-order valence-corrected chi connectivity index (χ3v) is 2.71. The van der Waals surface area contributed by atoms with Gasteiger partial charge in [-0.3, -0.25) is 9.69 Å². The molecule has 4 nitrogen and oxygen atoms in total. The Morgan fingerprint density at radius 2 is 2.00 bits per heavy atom. The van der Waals surface area contributed by atoms with Crippen molar-refractivity contribution in [1.82, 2.24) is 4.90 Å². The molecule has 0 aromatic carbocycles. The topological polar surface area (TPSA) is 72.3 Å². The molecule has 90 valence electrons. The fraction of sp³-hybridized carbons (Fsp3) is 0.909. The van der Waals surface area contributed by atoms with Crippen molar-refractivity contribution in [1.29, 1.82) is 0 Å². The van der Waals surface area contributed by atoms with Crippen LogP contribution in [0.3, 0.4) is 0 Å². The largest absolute Gasteiger partial charge is 0.369 e. The van der Waals surface area contributed by atoms with E-state index < -0.39 is 0 Å². The minimum Gasteiger partial charge on any atom is -0.369 e. The highest BCUT2D eigenvalue weighted by Gasteiger charge is 2.15. The number of hydrogen-bond acceptors (Lipinski definition) is 3. The summed E-state index contributed by atoms with van der Waals surface area (Å²) >= 11 is 0. The van der Waals surface area contributed by atoms with E-state index in [1.165, 1.54) is 0 Å². The Kier molecular flexibility index (Phi) is 6.52. The molecule has 0 saturated carbocycles. The third kappa shape index (κ3) is 7.33. The maximum absolute atomic E-state index is 10.7. The number of carbonyl (C=O) groups excluding carboxylic acids is 1. The summed E-state index contributed by atoms with van der Waals surface area (Å²) in [5.74, 6) is -0.255. The number of rotatable bonds is 8. The van der Waals surface area contributed by atoms with Crippen LogP contribution < -0.4 is 11.5 Å². The second kappa shape index (κ2) is 6.80. The molecule has 0 radical (unpaired) electrons. The molecule has 0 saturated heterocycles. The van der Waals surface area contributed by atoms with Gasteiger partial charge < -0.3 is 11.5 Å². The summed E-state index contributed by atoms with van der Waals surface area (Å²) in [5, 5.41) is 0. The van der Waals surface area contributed by atoms with Crippen molar-refractivity contribution >= 4 is 5.91 Å². The smallest absolute Gasteiger partial charge is 0.231 e. The first-order chi connectivity index (χ1) is 6.91. The van der Waals surface area contributed by atoms with Crippen LogP contribution in [-0.2, 0) is 4.79 Å². The van der Waals surface area contributed by atoms with Crippen LogP contribution in [0.15, 0.2) is 0 Å². The van der Waals surface area contributed by atoms with Gasteiger partial charge >= 0.3 is 0 Å². The number of nitrogens with zero attached hydrogens (tertiary/aromatic N) is 1. The van der Waals surface area contributed by atoms with Crippen LogP contribution in [0.1, 0.15) is 33.6 Å². The van der Waals surface area contributed by atoms with Crippen LogP contribution >= 0.6 is 0 Å². The SMILES string of the molecule is CCN(CCCC(C)(C)CN)CC(N)=O. The number of hydrogen-bond donors (Lipinski definition) is 2. The van der Waals surface area contributed by atoms with Crippen LogP contribution in [-0.4, -0.2) is 37.0 Å². The number of amides is 1. The highest BCUT2D eigenvalue weighted by molar-refractivity contribution is 5.75. The Morgan fingerprint density at radius 1 is 1.40 bits per heavy atom. The molecule has 1 amide bonds. The van der Waals surface area contributed by atoms with E-state index in [2.05, 4.69) is 18.7 Å². The number of nitrogens with two attached hydrogens (primary N) is 2. The van der Waals surface area contributed by atoms with Crippen molar-refractivity contribution in [3.05, 3.63) is 0 Å². The summed E-state index contributed by atoms with van der Waals surface area (Å²) in [6, 6.07) is 0. The van der Waals surface area contributed by atoms with Crippen molar-refractivity contribution in [2.75, 3.05) is 26.2 Å². The summed E-state index contributed by atoms with van der Waals surface area (Å²) in [5.41, 5.74) is 11.0. The molecule has 0 atom stereocenters. The van der Waals surface area contributed by atoms with Crippen LogP contribution in [0.5, 0.6) is 0 Å². The zero-order valence-corrected chi connectivity index (χ0v) is 10.3. The summed E-state index contributed by atoms with van der Waals surface area (Å²) < 4.78 is 0. The molecule has 4 heteroatoms. The van der Waals surface area contributed by atoms with Gasteiger partial charge in [0.2, 0.25) is 5.91 Å². The lowest BCUT2D eigenvalue weighted by molar-refractivity contribution is -0.119. The third-order valence-electron chi connectivity index (χ3n) is 2.71. The molecule has 15 heavy (non-hydrogen) atoms. The quantitative estimate of drug-likeness (QED) is 0.621. The minimum absolute atomic E-state index is 0.201. The number of likely N-dealkylation sites (N-methyl/N-ethyl adjacent to an activating group) is 1. The van der Waals surface area contributed by atoms with Gasteiger partial charge in [0.05, 0.1) is 6.54 Å². The van der Waals surface area contributed by atoms with Crippen LogP contribution in [0.4, 0.5) is 0 Å². The van der Waals surface area contributed by atoms with Gasteiger partial charge in [0.25, 0.3) is 0 Å². The summed E-state index contributed by atoms with van der Waals surface area (Å²) in [6.45, 7) is 9.22. The molecule has 0 aliphatic rings. The monoisotopic (exact) mass is 215 g/mol. The second-order valence-corrected chi connectivity index (χ2v) is 4.81. The maximum Gasteiger partial charge on any atom is 0.231 e. The van der Waals surface area contributed by atoms with E-state index in [9.17, 15) is 4.79 Å². The Labute approximate surface area is 93.0 Å². The molecule has 0 rings (SSSR count). The Balaban J connectivity index is 3.77. The highest BCUT2D eigenvalue weighted by Crippen LogP contribution is 2.20. The van der Waals surface area contributed by atoms with E-state index in [4.69, 9.17) is 11.5 Å². The Hall–Kier alpha value is -0.610. The lowest BCUT2D eigenvalue weighted by Crippen LogP contribution is -2.35. The van der Waals surface area contributed by atoms with Crippen molar-refractivity contribution in [3.63, 3.8) is 0 Å². The molecule has 4 N–H and O–H groups in total. The molecule has 0 unspecified atom stereocenters. The molecule has 0 spiro atoms. The molecule has 0 aliphatic heterocycles. The van der Waals surface area contributed by atoms with E-state index in [0.717, 1.165) is 25.9 Å². The van der Waals surface area contributed by atoms with E-state index in [1.807, 2.05) is 6.92 Å². The fourth-order valence-corrected chi connectivity index (χ4v) is 1.45. The first-order valence-corrected chi connectivity index (χ1v) is 5.62. The minimum atomic E-state index is -0.255. The zero-order chi connectivity index (χ0) is 11.9. The highest BCUT2D eigenvalue weighted by atomic mass is 16.1. The standard InChI is InChI=1S/C11H25N3O/c1-4-14(8-10(13)15)7-5-6-11(2,3)9-12/h4-9,12H2,1-3H3,(H2,13,15). The molecule has 0 fully saturated rings. The lowest BCUT2D eigenvalue weighted by Gasteiger charge is -2.24. The van der Waals surface area contributed by atoms with Crippen molar-refractivity contribution in [2.45, 2.75) is 33.6 Å². The molecule has 0 aromatic rings. The van der Waals surface area contributed by atoms with Crippen LogP contribution in [0, 0.1) is 5.41 Å². The molecule has 0 heterocycles. The van der Waals surface area contributed by atoms with E-state index in [-0.39, 0.29) is 11.3 Å². The van der Waals surface area contributed by atoms with E-state index >= 15 is 0 Å². The Morgan fingerprint density at radius 3 is 2.40 bits per heavy atom. The first-order valence-electron chi connectivity index (χ1n) is 5.62. The lowest BCUT2D eigenvalue weighted by atomic mass is 9.88. The van der Waals surface area contributed by atoms with Crippen LogP contribution in [0.25, 0.3) is 0 Å². The normalized spacial score (nSPS) is 12.1. The molecule has 0 aliphatic carbocycles. The fourth-order valence-electron chi connectivity index (χ4n) is 1.45. The molecule has 0 aromatic heterocycles. The van der Waals surface area contributed by atoms with Gasteiger partial charge in [0.1, 0.15) is 0 Å². The zero-order valence-electron chi connectivity index (χ0n) is 10.3. The van der Waals surface area contributed by atoms with Crippen molar-refractivity contribution < 1.29 is 4.79 Å². The van der Waals surface area contributed by atoms with E-state index in [0.29, 0.717) is 13.1 Å². The average molecular weight is 215 g/mol. The first kappa shape index (κ1) is 14.4. The summed E-state index contributed by atoms with van der Waals surface area (Å²) in [4.78, 5) is 12.8. The van der Waals surface area contributed by atoms with Gasteiger partial charge in [-0.25, -0.2) is 0 Å². The summed E-state index contributed by atoms with van der Waals surface area (Å²) in [6.07, 6.45) is 2.14. The van der Waals surface area contributed by atoms with Gasteiger partial charge in [-0.15, -0.1) is 0 Å². The second-order valence-electron chi connectivity index (χ2n) is 4.81.